The zero-order valence-corrected chi connectivity index (χ0v) is 19.3. The van der Waals surface area contributed by atoms with E-state index in [1.165, 1.54) is 4.90 Å². The molecule has 0 bridgehead atoms. The molecule has 0 saturated carbocycles. The lowest BCUT2D eigenvalue weighted by molar-refractivity contribution is -0.132. The van der Waals surface area contributed by atoms with Crippen molar-refractivity contribution in [2.24, 2.45) is 0 Å². The van der Waals surface area contributed by atoms with Crippen LogP contribution >= 0.6 is 11.6 Å². The number of nitrogens with zero attached hydrogens (tertiary/aromatic N) is 1. The fourth-order valence-electron chi connectivity index (χ4n) is 4.54. The van der Waals surface area contributed by atoms with Crippen molar-refractivity contribution >= 4 is 45.5 Å². The van der Waals surface area contributed by atoms with Crippen LogP contribution in [0.5, 0.6) is 0 Å². The normalized spacial score (nSPS) is 17.5. The molecule has 1 aliphatic heterocycles. The van der Waals surface area contributed by atoms with E-state index in [4.69, 9.17) is 11.6 Å². The van der Waals surface area contributed by atoms with Crippen molar-refractivity contribution in [1.82, 2.24) is 0 Å². The smallest absolute Gasteiger partial charge is 0.300 e. The van der Waals surface area contributed by atoms with Crippen LogP contribution in [0.25, 0.3) is 16.5 Å². The highest BCUT2D eigenvalue weighted by Gasteiger charge is 2.47. The van der Waals surface area contributed by atoms with Crippen molar-refractivity contribution < 1.29 is 14.7 Å². The van der Waals surface area contributed by atoms with Crippen LogP contribution in [0.3, 0.4) is 0 Å². The maximum atomic E-state index is 13.4. The molecule has 4 nitrogen and oxygen atoms in total. The molecule has 0 aromatic heterocycles. The van der Waals surface area contributed by atoms with E-state index in [0.29, 0.717) is 16.3 Å². The number of carbonyl (C=O) groups is 2. The average Bonchev–Trinajstić information content (AvgIpc) is 3.14. The van der Waals surface area contributed by atoms with E-state index in [9.17, 15) is 14.7 Å². The molecule has 0 aliphatic carbocycles. The standard InChI is InChI=1S/C29H22ClNO3/c1-2-18-10-12-20(13-11-18)27(32)25-26(24-9-5-7-19-6-3-4-8-23(19)24)31(29(34)28(25)33)22-16-14-21(30)15-17-22/h3-17,26,32H,2H2,1H3/b27-25-. The van der Waals surface area contributed by atoms with E-state index < -0.39 is 17.7 Å². The molecule has 1 saturated heterocycles. The van der Waals surface area contributed by atoms with E-state index in [1.807, 2.05) is 61.5 Å². The topological polar surface area (TPSA) is 57.6 Å². The Labute approximate surface area is 202 Å². The minimum Gasteiger partial charge on any atom is -0.507 e. The van der Waals surface area contributed by atoms with Crippen LogP contribution in [0.1, 0.15) is 29.7 Å². The number of hydrogen-bond donors (Lipinski definition) is 1. The molecule has 34 heavy (non-hydrogen) atoms. The monoisotopic (exact) mass is 467 g/mol. The zero-order chi connectivity index (χ0) is 23.8. The molecule has 5 rings (SSSR count). The summed E-state index contributed by atoms with van der Waals surface area (Å²) in [5, 5.41) is 13.8. The van der Waals surface area contributed by atoms with Crippen LogP contribution in [0.15, 0.2) is 96.6 Å². The average molecular weight is 468 g/mol. The number of benzene rings is 4. The fraction of sp³-hybridized carbons (Fsp3) is 0.103. The molecule has 1 fully saturated rings. The third-order valence-electron chi connectivity index (χ3n) is 6.30. The van der Waals surface area contributed by atoms with Crippen molar-refractivity contribution in [3.8, 4) is 0 Å². The van der Waals surface area contributed by atoms with Gasteiger partial charge in [-0.25, -0.2) is 0 Å². The number of rotatable bonds is 4. The Morgan fingerprint density at radius 2 is 1.56 bits per heavy atom. The second-order valence-corrected chi connectivity index (χ2v) is 8.70. The summed E-state index contributed by atoms with van der Waals surface area (Å²) in [5.74, 6) is -1.59. The van der Waals surface area contributed by atoms with E-state index in [0.717, 1.165) is 28.3 Å². The van der Waals surface area contributed by atoms with Gasteiger partial charge in [0.25, 0.3) is 11.7 Å². The predicted octanol–water partition coefficient (Wildman–Crippen LogP) is 6.68. The van der Waals surface area contributed by atoms with Crippen LogP contribution in [-0.2, 0) is 16.0 Å². The number of halogens is 1. The molecule has 4 aromatic rings. The van der Waals surface area contributed by atoms with Crippen molar-refractivity contribution in [3.05, 3.63) is 118 Å². The number of aliphatic hydroxyl groups excluding tert-OH is 1. The van der Waals surface area contributed by atoms with Gasteiger partial charge in [-0.05, 0) is 52.6 Å². The second-order valence-electron chi connectivity index (χ2n) is 8.26. The second kappa shape index (κ2) is 8.81. The van der Waals surface area contributed by atoms with Gasteiger partial charge in [-0.15, -0.1) is 0 Å². The molecule has 1 N–H and O–H groups in total. The van der Waals surface area contributed by atoms with Gasteiger partial charge in [0, 0.05) is 16.3 Å². The van der Waals surface area contributed by atoms with Crippen LogP contribution < -0.4 is 4.90 Å². The quantitative estimate of drug-likeness (QED) is 0.207. The molecule has 1 atom stereocenters. The van der Waals surface area contributed by atoms with Crippen LogP contribution in [-0.4, -0.2) is 16.8 Å². The SMILES string of the molecule is CCc1ccc(/C(O)=C2/C(=O)C(=O)N(c3ccc(Cl)cc3)C2c2cccc3ccccc23)cc1. The first kappa shape index (κ1) is 21.9. The van der Waals surface area contributed by atoms with E-state index in [2.05, 4.69) is 0 Å². The highest BCUT2D eigenvalue weighted by molar-refractivity contribution is 6.52. The number of aryl methyl sites for hydroxylation is 1. The number of anilines is 1. The van der Waals surface area contributed by atoms with Crippen LogP contribution in [0, 0.1) is 0 Å². The summed E-state index contributed by atoms with van der Waals surface area (Å²) in [4.78, 5) is 28.2. The highest BCUT2D eigenvalue weighted by atomic mass is 35.5. The Morgan fingerprint density at radius 3 is 2.26 bits per heavy atom. The lowest BCUT2D eigenvalue weighted by Gasteiger charge is -2.26. The molecule has 0 radical (unpaired) electrons. The maximum absolute atomic E-state index is 13.4. The molecule has 4 aromatic carbocycles. The van der Waals surface area contributed by atoms with Crippen molar-refractivity contribution in [1.29, 1.82) is 0 Å². The fourth-order valence-corrected chi connectivity index (χ4v) is 4.66. The summed E-state index contributed by atoms with van der Waals surface area (Å²) in [7, 11) is 0. The molecular formula is C29H22ClNO3. The Kier molecular flexibility index (Phi) is 5.68. The molecular weight excluding hydrogens is 446 g/mol. The summed E-state index contributed by atoms with van der Waals surface area (Å²) in [6.07, 6.45) is 0.859. The first-order valence-corrected chi connectivity index (χ1v) is 11.5. The predicted molar refractivity (Wildman–Crippen MR) is 136 cm³/mol. The number of hydrogen-bond acceptors (Lipinski definition) is 3. The Bertz CT molecular complexity index is 1430. The van der Waals surface area contributed by atoms with Gasteiger partial charge in [0.15, 0.2) is 0 Å². The number of amides is 1. The number of ketones is 1. The lowest BCUT2D eigenvalue weighted by Crippen LogP contribution is -2.29. The number of Topliss-reactive ketones (excluding diaryl/α,β-unsaturated/α-hetero) is 1. The highest BCUT2D eigenvalue weighted by Crippen LogP contribution is 2.44. The van der Waals surface area contributed by atoms with E-state index >= 15 is 0 Å². The van der Waals surface area contributed by atoms with E-state index in [-0.39, 0.29) is 11.3 Å². The van der Waals surface area contributed by atoms with E-state index in [1.54, 1.807) is 36.4 Å². The summed E-state index contributed by atoms with van der Waals surface area (Å²) < 4.78 is 0. The van der Waals surface area contributed by atoms with Crippen LogP contribution in [0.4, 0.5) is 5.69 Å². The van der Waals surface area contributed by atoms with Crippen molar-refractivity contribution in [2.75, 3.05) is 4.90 Å². The van der Waals surface area contributed by atoms with Gasteiger partial charge in [-0.3, -0.25) is 14.5 Å². The molecule has 1 heterocycles. The van der Waals surface area contributed by atoms with Gasteiger partial charge in [-0.2, -0.15) is 0 Å². The Morgan fingerprint density at radius 1 is 0.882 bits per heavy atom. The number of carbonyl (C=O) groups excluding carboxylic acids is 2. The first-order chi connectivity index (χ1) is 16.5. The van der Waals surface area contributed by atoms with Crippen molar-refractivity contribution in [3.63, 3.8) is 0 Å². The van der Waals surface area contributed by atoms with Crippen LogP contribution in [0.2, 0.25) is 5.02 Å². The molecule has 0 spiro atoms. The number of aliphatic hydroxyl groups is 1. The minimum absolute atomic E-state index is 0.0700. The summed E-state index contributed by atoms with van der Waals surface area (Å²) in [5.41, 5.74) is 2.98. The van der Waals surface area contributed by atoms with Gasteiger partial charge < -0.3 is 5.11 Å². The van der Waals surface area contributed by atoms with Gasteiger partial charge in [0.05, 0.1) is 11.6 Å². The molecule has 1 aliphatic rings. The van der Waals surface area contributed by atoms with Crippen molar-refractivity contribution in [2.45, 2.75) is 19.4 Å². The van der Waals surface area contributed by atoms with Gasteiger partial charge in [0.1, 0.15) is 5.76 Å². The van der Waals surface area contributed by atoms with Gasteiger partial charge in [0.2, 0.25) is 0 Å². The first-order valence-electron chi connectivity index (χ1n) is 11.1. The Balaban J connectivity index is 1.78. The largest absolute Gasteiger partial charge is 0.507 e. The zero-order valence-electron chi connectivity index (χ0n) is 18.5. The number of fused-ring (bicyclic) bond motifs is 1. The van der Waals surface area contributed by atoms with Gasteiger partial charge >= 0.3 is 0 Å². The molecule has 1 amide bonds. The molecule has 5 heteroatoms. The third kappa shape index (κ3) is 3.66. The third-order valence-corrected chi connectivity index (χ3v) is 6.55. The Hall–Kier alpha value is -3.89. The summed E-state index contributed by atoms with van der Waals surface area (Å²) in [6, 6.07) is 27.0. The van der Waals surface area contributed by atoms with Gasteiger partial charge in [-0.1, -0.05) is 85.3 Å². The summed E-state index contributed by atoms with van der Waals surface area (Å²) >= 11 is 6.08. The minimum atomic E-state index is -0.793. The molecule has 1 unspecified atom stereocenters. The maximum Gasteiger partial charge on any atom is 0.300 e. The summed E-state index contributed by atoms with van der Waals surface area (Å²) in [6.45, 7) is 2.05. The molecule has 168 valence electrons. The lowest BCUT2D eigenvalue weighted by atomic mass is 9.91.